The van der Waals surface area contributed by atoms with Gasteiger partial charge in [0, 0.05) is 56.9 Å². The Labute approximate surface area is 176 Å². The summed E-state index contributed by atoms with van der Waals surface area (Å²) in [6.45, 7) is 4.01. The van der Waals surface area contributed by atoms with E-state index in [0.29, 0.717) is 53.3 Å². The average Bonchev–Trinajstić information content (AvgIpc) is 3.35. The minimum Gasteiger partial charge on any atom is -0.457 e. The normalized spacial score (nSPS) is 18.1. The van der Waals surface area contributed by atoms with Gasteiger partial charge < -0.3 is 14.2 Å². The number of amides is 2. The zero-order valence-corrected chi connectivity index (χ0v) is 16.9. The summed E-state index contributed by atoms with van der Waals surface area (Å²) in [4.78, 5) is 42.6. The van der Waals surface area contributed by atoms with Crippen LogP contribution in [0, 0.1) is 10.1 Å². The Balaban J connectivity index is 1.45. The molecule has 2 aliphatic rings. The highest BCUT2D eigenvalue weighted by atomic mass is 32.2. The van der Waals surface area contributed by atoms with Gasteiger partial charge in [-0.2, -0.15) is 4.99 Å². The second-order valence-electron chi connectivity index (χ2n) is 6.81. The third-order valence-electron chi connectivity index (χ3n) is 4.85. The largest absolute Gasteiger partial charge is 0.457 e. The maximum atomic E-state index is 12.3. The third kappa shape index (κ3) is 4.13. The van der Waals surface area contributed by atoms with Crippen LogP contribution in [0.25, 0.3) is 17.4 Å². The number of amidine groups is 1. The molecule has 10 heteroatoms. The molecular weight excluding hydrogens is 408 g/mol. The number of nitrogens with zero attached hydrogens (tertiary/aromatic N) is 4. The summed E-state index contributed by atoms with van der Waals surface area (Å²) >= 11 is 1.28. The second kappa shape index (κ2) is 8.15. The van der Waals surface area contributed by atoms with Gasteiger partial charge in [-0.3, -0.25) is 19.7 Å². The number of thioether (sulfide) groups is 1. The van der Waals surface area contributed by atoms with Crippen molar-refractivity contribution in [2.45, 2.75) is 6.92 Å². The fraction of sp³-hybridized carbons (Fsp3) is 0.250. The molecule has 1 fully saturated rings. The smallest absolute Gasteiger partial charge is 0.286 e. The van der Waals surface area contributed by atoms with Crippen LogP contribution in [0.2, 0.25) is 0 Å². The molecule has 0 saturated carbocycles. The zero-order valence-electron chi connectivity index (χ0n) is 16.1. The van der Waals surface area contributed by atoms with E-state index in [4.69, 9.17) is 4.42 Å². The Morgan fingerprint density at radius 3 is 2.70 bits per heavy atom. The molecule has 0 radical (unpaired) electrons. The van der Waals surface area contributed by atoms with Gasteiger partial charge in [0.25, 0.3) is 11.6 Å². The van der Waals surface area contributed by atoms with E-state index in [1.165, 1.54) is 23.9 Å². The van der Waals surface area contributed by atoms with E-state index >= 15 is 0 Å². The number of benzene rings is 1. The molecule has 2 aliphatic heterocycles. The zero-order chi connectivity index (χ0) is 21.3. The Kier molecular flexibility index (Phi) is 5.40. The van der Waals surface area contributed by atoms with Crippen molar-refractivity contribution in [3.05, 3.63) is 57.2 Å². The summed E-state index contributed by atoms with van der Waals surface area (Å²) in [7, 11) is 0. The van der Waals surface area contributed by atoms with Crippen molar-refractivity contribution in [2.24, 2.45) is 4.99 Å². The van der Waals surface area contributed by atoms with Crippen molar-refractivity contribution in [1.29, 1.82) is 0 Å². The molecular formula is C20H18N4O5S. The van der Waals surface area contributed by atoms with Crippen LogP contribution in [0.3, 0.4) is 0 Å². The SMILES string of the molecule is CC(=O)N1CCN(C2=NC(=O)/C(=C\c3ccc(-c4cccc([N+](=O)[O-])c4)o3)S2)CC1. The molecule has 4 rings (SSSR count). The highest BCUT2D eigenvalue weighted by Gasteiger charge is 2.29. The fourth-order valence-corrected chi connectivity index (χ4v) is 4.18. The molecule has 1 saturated heterocycles. The number of non-ortho nitro benzene ring substituents is 1. The van der Waals surface area contributed by atoms with E-state index < -0.39 is 4.92 Å². The van der Waals surface area contributed by atoms with Crippen molar-refractivity contribution in [1.82, 2.24) is 9.80 Å². The van der Waals surface area contributed by atoms with Crippen LogP contribution in [0.5, 0.6) is 0 Å². The lowest BCUT2D eigenvalue weighted by Gasteiger charge is -2.34. The van der Waals surface area contributed by atoms with Crippen molar-refractivity contribution in [3.8, 4) is 11.3 Å². The number of piperazine rings is 1. The van der Waals surface area contributed by atoms with Gasteiger partial charge in [0.15, 0.2) is 5.17 Å². The van der Waals surface area contributed by atoms with E-state index in [1.807, 2.05) is 4.90 Å². The number of nitro benzene ring substituents is 1. The van der Waals surface area contributed by atoms with Crippen LogP contribution in [0.1, 0.15) is 12.7 Å². The predicted molar refractivity (Wildman–Crippen MR) is 113 cm³/mol. The summed E-state index contributed by atoms with van der Waals surface area (Å²) in [5, 5.41) is 11.6. The summed E-state index contributed by atoms with van der Waals surface area (Å²) in [5.41, 5.74) is 0.563. The summed E-state index contributed by atoms with van der Waals surface area (Å²) in [5.74, 6) is 0.648. The number of rotatable bonds is 3. The lowest BCUT2D eigenvalue weighted by Crippen LogP contribution is -2.49. The third-order valence-corrected chi connectivity index (χ3v) is 5.89. The monoisotopic (exact) mass is 426 g/mol. The van der Waals surface area contributed by atoms with Crippen molar-refractivity contribution >= 4 is 40.5 Å². The molecule has 9 nitrogen and oxygen atoms in total. The lowest BCUT2D eigenvalue weighted by molar-refractivity contribution is -0.384. The van der Waals surface area contributed by atoms with Crippen molar-refractivity contribution in [2.75, 3.05) is 26.2 Å². The first-order chi connectivity index (χ1) is 14.4. The van der Waals surface area contributed by atoms with Gasteiger partial charge in [-0.15, -0.1) is 0 Å². The molecule has 0 unspecified atom stereocenters. The molecule has 0 aliphatic carbocycles. The maximum absolute atomic E-state index is 12.3. The van der Waals surface area contributed by atoms with Crippen LogP contribution < -0.4 is 0 Å². The number of carbonyl (C=O) groups is 2. The topological polar surface area (TPSA) is 109 Å². The van der Waals surface area contributed by atoms with Crippen LogP contribution in [-0.4, -0.2) is 57.9 Å². The molecule has 0 N–H and O–H groups in total. The Morgan fingerprint density at radius 2 is 2.00 bits per heavy atom. The molecule has 1 aromatic heterocycles. The lowest BCUT2D eigenvalue weighted by atomic mass is 10.1. The minimum absolute atomic E-state index is 0.0201. The Morgan fingerprint density at radius 1 is 1.23 bits per heavy atom. The van der Waals surface area contributed by atoms with Crippen LogP contribution in [-0.2, 0) is 9.59 Å². The highest BCUT2D eigenvalue weighted by Crippen LogP contribution is 2.32. The second-order valence-corrected chi connectivity index (χ2v) is 7.82. The van der Waals surface area contributed by atoms with Gasteiger partial charge >= 0.3 is 0 Å². The molecule has 0 atom stereocenters. The molecule has 0 spiro atoms. The number of carbonyl (C=O) groups excluding carboxylic acids is 2. The number of nitro groups is 1. The van der Waals surface area contributed by atoms with Gasteiger partial charge in [-0.05, 0) is 23.9 Å². The summed E-state index contributed by atoms with van der Waals surface area (Å²) < 4.78 is 5.76. The van der Waals surface area contributed by atoms with Crippen LogP contribution >= 0.6 is 11.8 Å². The molecule has 2 aromatic rings. The first kappa shape index (κ1) is 19.9. The minimum atomic E-state index is -0.460. The van der Waals surface area contributed by atoms with Crippen molar-refractivity contribution < 1.29 is 18.9 Å². The fourth-order valence-electron chi connectivity index (χ4n) is 3.23. The first-order valence-corrected chi connectivity index (χ1v) is 10.1. The van der Waals surface area contributed by atoms with Crippen LogP contribution in [0.4, 0.5) is 5.69 Å². The molecule has 0 bridgehead atoms. The molecule has 154 valence electrons. The summed E-state index contributed by atoms with van der Waals surface area (Å²) in [6.07, 6.45) is 1.62. The van der Waals surface area contributed by atoms with Gasteiger partial charge in [0.2, 0.25) is 5.91 Å². The van der Waals surface area contributed by atoms with Gasteiger partial charge in [0.1, 0.15) is 11.5 Å². The van der Waals surface area contributed by atoms with E-state index in [-0.39, 0.29) is 17.5 Å². The number of aliphatic imine (C=N–C) groups is 1. The molecule has 1 aromatic carbocycles. The standard InChI is InChI=1S/C20H18N4O5S/c1-13(25)22-7-9-23(10-8-22)20-21-19(26)18(30-20)12-16-5-6-17(29-16)14-3-2-4-15(11-14)24(27)28/h2-6,11-12H,7-10H2,1H3/b18-12+. The van der Waals surface area contributed by atoms with E-state index in [2.05, 4.69) is 4.99 Å². The van der Waals surface area contributed by atoms with E-state index in [9.17, 15) is 19.7 Å². The molecule has 2 amide bonds. The number of hydrogen-bond donors (Lipinski definition) is 0. The van der Waals surface area contributed by atoms with Crippen molar-refractivity contribution in [3.63, 3.8) is 0 Å². The van der Waals surface area contributed by atoms with Gasteiger partial charge in [-0.1, -0.05) is 12.1 Å². The predicted octanol–water partition coefficient (Wildman–Crippen LogP) is 2.99. The quantitative estimate of drug-likeness (QED) is 0.422. The number of furan rings is 1. The van der Waals surface area contributed by atoms with Gasteiger partial charge in [-0.25, -0.2) is 0 Å². The number of hydrogen-bond acceptors (Lipinski definition) is 7. The average molecular weight is 426 g/mol. The highest BCUT2D eigenvalue weighted by molar-refractivity contribution is 8.18. The van der Waals surface area contributed by atoms with E-state index in [0.717, 1.165) is 0 Å². The summed E-state index contributed by atoms with van der Waals surface area (Å²) in [6, 6.07) is 9.58. The molecule has 30 heavy (non-hydrogen) atoms. The maximum Gasteiger partial charge on any atom is 0.286 e. The van der Waals surface area contributed by atoms with E-state index in [1.54, 1.807) is 42.2 Å². The molecule has 3 heterocycles. The first-order valence-electron chi connectivity index (χ1n) is 9.28. The van der Waals surface area contributed by atoms with Gasteiger partial charge in [0.05, 0.1) is 9.83 Å². The van der Waals surface area contributed by atoms with Crippen LogP contribution in [0.15, 0.2) is 50.7 Å². The Bertz CT molecular complexity index is 1080. The Hall–Kier alpha value is -3.40.